The first-order chi connectivity index (χ1) is 13.1. The Hall–Kier alpha value is -2.87. The smallest absolute Gasteiger partial charge is 0.256 e. The van der Waals surface area contributed by atoms with Gasteiger partial charge in [0.25, 0.3) is 5.91 Å². The predicted molar refractivity (Wildman–Crippen MR) is 106 cm³/mol. The highest BCUT2D eigenvalue weighted by Gasteiger charge is 2.27. The molecule has 2 aromatic rings. The van der Waals surface area contributed by atoms with Gasteiger partial charge < -0.3 is 27.4 Å². The van der Waals surface area contributed by atoms with E-state index in [1.807, 2.05) is 18.2 Å². The molecule has 0 unspecified atom stereocenters. The summed E-state index contributed by atoms with van der Waals surface area (Å²) in [6.07, 6.45) is 4.97. The molecule has 1 aliphatic heterocycles. The number of hydrogen-bond acceptors (Lipinski definition) is 7. The summed E-state index contributed by atoms with van der Waals surface area (Å²) in [4.78, 5) is 21.6. The minimum Gasteiger partial charge on any atom is -0.399 e. The highest BCUT2D eigenvalue weighted by molar-refractivity contribution is 6.01. The number of aromatic nitrogens is 2. The summed E-state index contributed by atoms with van der Waals surface area (Å²) >= 11 is 0. The molecule has 0 spiro atoms. The maximum atomic E-state index is 12.4. The Balaban J connectivity index is 1.68. The minimum absolute atomic E-state index is 0.0898. The van der Waals surface area contributed by atoms with Gasteiger partial charge in [-0.3, -0.25) is 4.79 Å². The fourth-order valence-corrected chi connectivity index (χ4v) is 3.72. The van der Waals surface area contributed by atoms with Gasteiger partial charge in [0.1, 0.15) is 11.4 Å². The van der Waals surface area contributed by atoms with E-state index in [1.165, 1.54) is 0 Å². The van der Waals surface area contributed by atoms with E-state index in [4.69, 9.17) is 11.5 Å². The summed E-state index contributed by atoms with van der Waals surface area (Å²) in [5.74, 6) is 0.829. The number of rotatable bonds is 4. The number of fused-ring (bicyclic) bond motifs is 1. The van der Waals surface area contributed by atoms with Crippen LogP contribution in [0.2, 0.25) is 0 Å². The van der Waals surface area contributed by atoms with Crippen LogP contribution in [0.15, 0.2) is 24.3 Å². The molecule has 2 atom stereocenters. The van der Waals surface area contributed by atoms with E-state index in [1.54, 1.807) is 6.07 Å². The van der Waals surface area contributed by atoms with Crippen LogP contribution < -0.4 is 27.4 Å². The van der Waals surface area contributed by atoms with E-state index >= 15 is 0 Å². The molecule has 0 bridgehead atoms. The lowest BCUT2D eigenvalue weighted by Crippen LogP contribution is -2.43. The van der Waals surface area contributed by atoms with E-state index < -0.39 is 0 Å². The van der Waals surface area contributed by atoms with Crippen LogP contribution in [0, 0.1) is 0 Å². The third kappa shape index (κ3) is 3.80. The summed E-state index contributed by atoms with van der Waals surface area (Å²) in [5.41, 5.74) is 14.8. The molecule has 0 saturated heterocycles. The SMILES string of the molecule is Nc1cccc(Nc2nc(N[C@@H]3CCCC[C@@H]3N)nc3c2C(=O)NCC3)c1. The quantitative estimate of drug-likeness (QED) is 0.520. The molecule has 2 heterocycles. The number of benzene rings is 1. The van der Waals surface area contributed by atoms with Gasteiger partial charge in [-0.1, -0.05) is 18.9 Å². The molecule has 8 nitrogen and oxygen atoms in total. The van der Waals surface area contributed by atoms with Crippen molar-refractivity contribution in [1.82, 2.24) is 15.3 Å². The fraction of sp³-hybridized carbons (Fsp3) is 0.421. The number of nitrogens with zero attached hydrogens (tertiary/aromatic N) is 2. The zero-order valence-electron chi connectivity index (χ0n) is 15.2. The number of carbonyl (C=O) groups excluding carboxylic acids is 1. The van der Waals surface area contributed by atoms with Gasteiger partial charge in [0.15, 0.2) is 0 Å². The van der Waals surface area contributed by atoms with Gasteiger partial charge in [0, 0.05) is 36.4 Å². The molecule has 1 saturated carbocycles. The Morgan fingerprint density at radius 1 is 1.19 bits per heavy atom. The maximum Gasteiger partial charge on any atom is 0.256 e. The highest BCUT2D eigenvalue weighted by Crippen LogP contribution is 2.27. The number of anilines is 4. The van der Waals surface area contributed by atoms with Crippen LogP contribution in [0.1, 0.15) is 41.7 Å². The second-order valence-corrected chi connectivity index (χ2v) is 7.17. The number of nitrogens with one attached hydrogen (secondary N) is 3. The van der Waals surface area contributed by atoms with Crippen molar-refractivity contribution >= 4 is 29.0 Å². The van der Waals surface area contributed by atoms with E-state index in [9.17, 15) is 4.79 Å². The van der Waals surface area contributed by atoms with Gasteiger partial charge in [-0.05, 0) is 31.0 Å². The summed E-state index contributed by atoms with van der Waals surface area (Å²) in [6, 6.07) is 7.59. The second kappa shape index (κ2) is 7.40. The van der Waals surface area contributed by atoms with Crippen molar-refractivity contribution in [2.24, 2.45) is 5.73 Å². The van der Waals surface area contributed by atoms with Crippen LogP contribution in [0.3, 0.4) is 0 Å². The zero-order chi connectivity index (χ0) is 18.8. The lowest BCUT2D eigenvalue weighted by Gasteiger charge is -2.30. The van der Waals surface area contributed by atoms with Gasteiger partial charge in [-0.2, -0.15) is 4.98 Å². The van der Waals surface area contributed by atoms with E-state index in [-0.39, 0.29) is 18.0 Å². The zero-order valence-corrected chi connectivity index (χ0v) is 15.2. The van der Waals surface area contributed by atoms with Crippen LogP contribution in [0.5, 0.6) is 0 Å². The predicted octanol–water partition coefficient (Wildman–Crippen LogP) is 1.77. The van der Waals surface area contributed by atoms with Gasteiger partial charge >= 0.3 is 0 Å². The van der Waals surface area contributed by atoms with Crippen LogP contribution >= 0.6 is 0 Å². The van der Waals surface area contributed by atoms with Crippen molar-refractivity contribution in [2.45, 2.75) is 44.2 Å². The van der Waals surface area contributed by atoms with Crippen molar-refractivity contribution in [3.8, 4) is 0 Å². The van der Waals surface area contributed by atoms with Crippen LogP contribution in [0.25, 0.3) is 0 Å². The molecule has 142 valence electrons. The molecule has 8 heteroatoms. The van der Waals surface area contributed by atoms with Gasteiger partial charge in [0.05, 0.1) is 5.69 Å². The van der Waals surface area contributed by atoms with Gasteiger partial charge in [-0.15, -0.1) is 0 Å². The highest BCUT2D eigenvalue weighted by atomic mass is 16.1. The Bertz CT molecular complexity index is 854. The lowest BCUT2D eigenvalue weighted by atomic mass is 9.91. The molecule has 1 aromatic heterocycles. The summed E-state index contributed by atoms with van der Waals surface area (Å²) in [6.45, 7) is 0.572. The topological polar surface area (TPSA) is 131 Å². The molecule has 1 fully saturated rings. The van der Waals surface area contributed by atoms with Crippen molar-refractivity contribution in [1.29, 1.82) is 0 Å². The molecule has 4 rings (SSSR count). The normalized spacial score (nSPS) is 21.9. The first kappa shape index (κ1) is 17.5. The maximum absolute atomic E-state index is 12.4. The lowest BCUT2D eigenvalue weighted by molar-refractivity contribution is 0.0945. The Labute approximate surface area is 158 Å². The first-order valence-corrected chi connectivity index (χ1v) is 9.44. The number of nitrogen functional groups attached to an aromatic ring is 1. The Morgan fingerprint density at radius 3 is 2.85 bits per heavy atom. The van der Waals surface area contributed by atoms with E-state index in [0.29, 0.717) is 36.0 Å². The van der Waals surface area contributed by atoms with Crippen molar-refractivity contribution < 1.29 is 4.79 Å². The number of amides is 1. The summed E-state index contributed by atoms with van der Waals surface area (Å²) in [7, 11) is 0. The average molecular weight is 367 g/mol. The Kier molecular flexibility index (Phi) is 4.81. The summed E-state index contributed by atoms with van der Waals surface area (Å²) in [5, 5.41) is 9.48. The molecule has 27 heavy (non-hydrogen) atoms. The Morgan fingerprint density at radius 2 is 2.04 bits per heavy atom. The third-order valence-electron chi connectivity index (χ3n) is 5.14. The molecule has 1 aliphatic carbocycles. The average Bonchev–Trinajstić information content (AvgIpc) is 2.64. The molecule has 1 amide bonds. The monoisotopic (exact) mass is 367 g/mol. The van der Waals surface area contributed by atoms with Crippen LogP contribution in [0.4, 0.5) is 23.1 Å². The second-order valence-electron chi connectivity index (χ2n) is 7.17. The first-order valence-electron chi connectivity index (χ1n) is 9.44. The fourth-order valence-electron chi connectivity index (χ4n) is 3.72. The standard InChI is InChI=1S/C19H25N7O/c20-11-4-3-5-12(10-11)23-17-16-15(8-9-22-18(16)27)25-19(26-17)24-14-7-2-1-6-13(14)21/h3-5,10,13-14H,1-2,6-9,20-21H2,(H,22,27)(H2,23,24,25,26)/t13-,14+/m0/s1. The number of hydrogen-bond donors (Lipinski definition) is 5. The minimum atomic E-state index is -0.163. The van der Waals surface area contributed by atoms with Gasteiger partial charge in [0.2, 0.25) is 5.95 Å². The molecular weight excluding hydrogens is 342 g/mol. The largest absolute Gasteiger partial charge is 0.399 e. The van der Waals surface area contributed by atoms with Crippen molar-refractivity contribution in [3.05, 3.63) is 35.5 Å². The summed E-state index contributed by atoms with van der Waals surface area (Å²) < 4.78 is 0. The van der Waals surface area contributed by atoms with Crippen LogP contribution in [-0.4, -0.2) is 34.5 Å². The van der Waals surface area contributed by atoms with Crippen molar-refractivity contribution in [2.75, 3.05) is 22.9 Å². The molecule has 7 N–H and O–H groups in total. The molecule has 2 aliphatic rings. The number of carbonyl (C=O) groups is 1. The van der Waals surface area contributed by atoms with E-state index in [0.717, 1.165) is 37.1 Å². The van der Waals surface area contributed by atoms with Crippen LogP contribution in [-0.2, 0) is 6.42 Å². The van der Waals surface area contributed by atoms with Gasteiger partial charge in [-0.25, -0.2) is 4.98 Å². The third-order valence-corrected chi connectivity index (χ3v) is 5.14. The van der Waals surface area contributed by atoms with Crippen molar-refractivity contribution in [3.63, 3.8) is 0 Å². The molecule has 0 radical (unpaired) electrons. The van der Waals surface area contributed by atoms with E-state index in [2.05, 4.69) is 25.9 Å². The number of nitrogens with two attached hydrogens (primary N) is 2. The molecule has 1 aromatic carbocycles. The molecular formula is C19H25N7O.